The lowest BCUT2D eigenvalue weighted by atomic mass is 10.1. The number of nitrogens with one attached hydrogen (secondary N) is 1. The van der Waals surface area contributed by atoms with Crippen LogP contribution < -0.4 is 10.3 Å². The number of ether oxygens (including phenoxy) is 1. The van der Waals surface area contributed by atoms with Crippen LogP contribution in [-0.4, -0.2) is 41.9 Å². The van der Waals surface area contributed by atoms with E-state index in [-0.39, 0.29) is 30.4 Å². The smallest absolute Gasteiger partial charge is 0.354 e. The molecular formula is C21H23N3O4. The molecule has 0 saturated carbocycles. The fraction of sp³-hybridized carbons (Fsp3) is 0.286. The summed E-state index contributed by atoms with van der Waals surface area (Å²) in [6.45, 7) is 2.40. The molecule has 146 valence electrons. The van der Waals surface area contributed by atoms with Crippen LogP contribution in [0.3, 0.4) is 0 Å². The van der Waals surface area contributed by atoms with Crippen molar-refractivity contribution in [3.63, 3.8) is 0 Å². The minimum absolute atomic E-state index is 0.186. The van der Waals surface area contributed by atoms with Gasteiger partial charge in [0, 0.05) is 13.0 Å². The first-order valence-electron chi connectivity index (χ1n) is 9.23. The summed E-state index contributed by atoms with van der Waals surface area (Å²) in [5.74, 6) is -0.520. The Hall–Kier alpha value is -3.35. The molecule has 1 unspecified atom stereocenters. The number of rotatable bonds is 7. The highest BCUT2D eigenvalue weighted by Crippen LogP contribution is 2.25. The molecule has 7 heteroatoms. The van der Waals surface area contributed by atoms with E-state index in [1.54, 1.807) is 30.1 Å². The Morgan fingerprint density at radius 2 is 2.00 bits per heavy atom. The molecule has 28 heavy (non-hydrogen) atoms. The predicted molar refractivity (Wildman–Crippen MR) is 106 cm³/mol. The Kier molecular flexibility index (Phi) is 6.26. The summed E-state index contributed by atoms with van der Waals surface area (Å²) in [4.78, 5) is 24.9. The molecule has 3 rings (SSSR count). The predicted octanol–water partition coefficient (Wildman–Crippen LogP) is 2.25. The Bertz CT molecular complexity index is 867. The van der Waals surface area contributed by atoms with Crippen molar-refractivity contribution in [3.8, 4) is 5.75 Å². The van der Waals surface area contributed by atoms with Crippen LogP contribution in [0.15, 0.2) is 59.7 Å². The molecule has 1 heterocycles. The third-order valence-electron chi connectivity index (χ3n) is 4.37. The number of carbonyl (C=O) groups is 2. The van der Waals surface area contributed by atoms with Crippen LogP contribution in [0, 0.1) is 0 Å². The van der Waals surface area contributed by atoms with Crippen LogP contribution in [-0.2, 0) is 20.7 Å². The van der Waals surface area contributed by atoms with Gasteiger partial charge in [0.1, 0.15) is 17.5 Å². The third-order valence-corrected chi connectivity index (χ3v) is 4.37. The number of amides is 1. The Labute approximate surface area is 163 Å². The van der Waals surface area contributed by atoms with E-state index in [1.165, 1.54) is 0 Å². The van der Waals surface area contributed by atoms with E-state index in [0.717, 1.165) is 11.3 Å². The monoisotopic (exact) mass is 381 g/mol. The third kappa shape index (κ3) is 4.68. The summed E-state index contributed by atoms with van der Waals surface area (Å²) < 4.78 is 5.04. The lowest BCUT2D eigenvalue weighted by Gasteiger charge is -2.22. The molecule has 2 N–H and O–H groups in total. The molecule has 2 aromatic carbocycles. The highest BCUT2D eigenvalue weighted by Gasteiger charge is 2.36. The molecule has 1 amide bonds. The quantitative estimate of drug-likeness (QED) is 0.718. The Morgan fingerprint density at radius 1 is 1.21 bits per heavy atom. The highest BCUT2D eigenvalue weighted by molar-refractivity contribution is 6.38. The van der Waals surface area contributed by atoms with Crippen molar-refractivity contribution < 1.29 is 19.4 Å². The molecule has 0 fully saturated rings. The largest absolute Gasteiger partial charge is 0.508 e. The number of phenols is 1. The first kappa shape index (κ1) is 19.4. The van der Waals surface area contributed by atoms with Crippen LogP contribution >= 0.6 is 0 Å². The van der Waals surface area contributed by atoms with E-state index in [0.29, 0.717) is 13.0 Å². The van der Waals surface area contributed by atoms with Gasteiger partial charge in [-0.1, -0.05) is 30.3 Å². The van der Waals surface area contributed by atoms with Gasteiger partial charge < -0.3 is 15.2 Å². The Morgan fingerprint density at radius 3 is 2.71 bits per heavy atom. The van der Waals surface area contributed by atoms with Gasteiger partial charge in [0.2, 0.25) is 5.91 Å². The first-order valence-corrected chi connectivity index (χ1v) is 9.23. The van der Waals surface area contributed by atoms with E-state index in [1.807, 2.05) is 36.4 Å². The average Bonchev–Trinajstić information content (AvgIpc) is 3.15. The van der Waals surface area contributed by atoms with Crippen LogP contribution in [0.4, 0.5) is 5.69 Å². The minimum atomic E-state index is -0.619. The normalized spacial score (nSPS) is 15.8. The number of benzene rings is 2. The second-order valence-corrected chi connectivity index (χ2v) is 6.38. The summed E-state index contributed by atoms with van der Waals surface area (Å²) in [7, 11) is 0. The molecule has 1 atom stereocenters. The van der Waals surface area contributed by atoms with Gasteiger partial charge in [-0.25, -0.2) is 4.79 Å². The molecule has 2 aromatic rings. The maximum absolute atomic E-state index is 12.8. The molecule has 0 saturated heterocycles. The van der Waals surface area contributed by atoms with Gasteiger partial charge in [0.15, 0.2) is 0 Å². The fourth-order valence-corrected chi connectivity index (χ4v) is 3.03. The lowest BCUT2D eigenvalue weighted by molar-refractivity contribution is -0.135. The number of esters is 1. The maximum atomic E-state index is 12.8. The van der Waals surface area contributed by atoms with Crippen LogP contribution in [0.5, 0.6) is 5.75 Å². The summed E-state index contributed by atoms with van der Waals surface area (Å²) in [5.41, 5.74) is 1.89. The van der Waals surface area contributed by atoms with Crippen molar-refractivity contribution in [1.29, 1.82) is 0 Å². The number of phenolic OH excluding ortho intramolecular Hbond substituents is 1. The van der Waals surface area contributed by atoms with E-state index in [4.69, 9.17) is 4.74 Å². The van der Waals surface area contributed by atoms with Crippen molar-refractivity contribution in [1.82, 2.24) is 5.32 Å². The topological polar surface area (TPSA) is 91.2 Å². The molecule has 0 spiro atoms. The van der Waals surface area contributed by atoms with E-state index in [2.05, 4.69) is 10.4 Å². The van der Waals surface area contributed by atoms with Gasteiger partial charge in [0.25, 0.3) is 0 Å². The zero-order valence-electron chi connectivity index (χ0n) is 15.7. The molecule has 0 aromatic heterocycles. The zero-order chi connectivity index (χ0) is 19.9. The summed E-state index contributed by atoms with van der Waals surface area (Å²) in [6.07, 6.45) is 0.773. The second-order valence-electron chi connectivity index (χ2n) is 6.38. The van der Waals surface area contributed by atoms with Crippen molar-refractivity contribution in [2.45, 2.75) is 25.8 Å². The Balaban J connectivity index is 1.67. The molecule has 7 nitrogen and oxygen atoms in total. The summed E-state index contributed by atoms with van der Waals surface area (Å²) in [6, 6.07) is 15.6. The number of carbonyl (C=O) groups excluding carboxylic acids is 2. The molecule has 1 aliphatic rings. The van der Waals surface area contributed by atoms with Gasteiger partial charge in [-0.05, 0) is 43.2 Å². The van der Waals surface area contributed by atoms with Gasteiger partial charge >= 0.3 is 5.97 Å². The number of hydrazone groups is 1. The molecule has 0 aliphatic carbocycles. The van der Waals surface area contributed by atoms with Gasteiger partial charge in [-0.15, -0.1) is 0 Å². The van der Waals surface area contributed by atoms with Gasteiger partial charge in [-0.2, -0.15) is 5.10 Å². The van der Waals surface area contributed by atoms with Crippen molar-refractivity contribution >= 4 is 23.3 Å². The van der Waals surface area contributed by atoms with Crippen LogP contribution in [0.25, 0.3) is 0 Å². The van der Waals surface area contributed by atoms with E-state index >= 15 is 0 Å². The van der Waals surface area contributed by atoms with Crippen molar-refractivity contribution in [2.24, 2.45) is 5.10 Å². The first-order chi connectivity index (χ1) is 13.6. The molecule has 1 aliphatic heterocycles. The number of aromatic hydroxyl groups is 1. The lowest BCUT2D eigenvalue weighted by Crippen LogP contribution is -2.43. The minimum Gasteiger partial charge on any atom is -0.508 e. The number of nitrogens with zero attached hydrogens (tertiary/aromatic N) is 2. The molecule has 0 bridgehead atoms. The number of para-hydroxylation sites is 1. The van der Waals surface area contributed by atoms with Gasteiger partial charge in [-0.3, -0.25) is 9.80 Å². The molecule has 0 radical (unpaired) electrons. The number of hydrogen-bond acceptors (Lipinski definition) is 6. The van der Waals surface area contributed by atoms with Crippen LogP contribution in [0.2, 0.25) is 0 Å². The second kappa shape index (κ2) is 9.03. The highest BCUT2D eigenvalue weighted by atomic mass is 16.5. The number of hydrogen-bond donors (Lipinski definition) is 2. The molecular weight excluding hydrogens is 358 g/mol. The van der Waals surface area contributed by atoms with Crippen LogP contribution in [0.1, 0.15) is 18.9 Å². The SMILES string of the molecule is CCOC(=O)C1=NN(c2ccccc2)C(C(=O)NCCc2cccc(O)c2)C1. The summed E-state index contributed by atoms with van der Waals surface area (Å²) in [5, 5.41) is 18.3. The average molecular weight is 381 g/mol. The summed E-state index contributed by atoms with van der Waals surface area (Å²) >= 11 is 0. The van der Waals surface area contributed by atoms with E-state index in [9.17, 15) is 14.7 Å². The fourth-order valence-electron chi connectivity index (χ4n) is 3.03. The van der Waals surface area contributed by atoms with Crippen molar-refractivity contribution in [2.75, 3.05) is 18.2 Å². The maximum Gasteiger partial charge on any atom is 0.354 e. The van der Waals surface area contributed by atoms with E-state index < -0.39 is 12.0 Å². The van der Waals surface area contributed by atoms with Crippen molar-refractivity contribution in [3.05, 3.63) is 60.2 Å². The standard InChI is InChI=1S/C21H23N3O4/c1-2-28-21(27)18-14-19(24(23-18)16-8-4-3-5-9-16)20(26)22-12-11-15-7-6-10-17(25)13-15/h3-10,13,19,25H,2,11-12,14H2,1H3,(H,22,26). The number of anilines is 1. The van der Waals surface area contributed by atoms with Gasteiger partial charge in [0.05, 0.1) is 12.3 Å². The zero-order valence-corrected chi connectivity index (χ0v) is 15.7.